The maximum atomic E-state index is 13.4. The van der Waals surface area contributed by atoms with Crippen molar-refractivity contribution in [2.45, 2.75) is 44.5 Å². The van der Waals surface area contributed by atoms with Crippen molar-refractivity contribution in [3.8, 4) is 5.75 Å². The van der Waals surface area contributed by atoms with Gasteiger partial charge in [-0.15, -0.1) is 0 Å². The van der Waals surface area contributed by atoms with Gasteiger partial charge in [0.05, 0.1) is 22.0 Å². The van der Waals surface area contributed by atoms with E-state index in [1.54, 1.807) is 24.3 Å². The van der Waals surface area contributed by atoms with Gasteiger partial charge >= 0.3 is 12.1 Å². The van der Waals surface area contributed by atoms with Gasteiger partial charge in [0.15, 0.2) is 0 Å². The maximum absolute atomic E-state index is 13.4. The number of benzene rings is 3. The van der Waals surface area contributed by atoms with Crippen molar-refractivity contribution in [3.63, 3.8) is 0 Å². The summed E-state index contributed by atoms with van der Waals surface area (Å²) < 4.78 is 44.9. The molecule has 4 rings (SSSR count). The SMILES string of the molecule is C[C@]1(Cc2cccc(Cl)c2Cl)Cc2cc(C(=O)N(CCC(=O)O)Cc3ccc(C(F)(F)F)cc3)ccc2O1. The van der Waals surface area contributed by atoms with Gasteiger partial charge in [-0.25, -0.2) is 0 Å². The predicted molar refractivity (Wildman–Crippen MR) is 138 cm³/mol. The van der Waals surface area contributed by atoms with E-state index in [-0.39, 0.29) is 19.5 Å². The molecule has 1 amide bonds. The number of rotatable bonds is 8. The highest BCUT2D eigenvalue weighted by molar-refractivity contribution is 6.42. The normalized spacial score (nSPS) is 16.6. The summed E-state index contributed by atoms with van der Waals surface area (Å²) >= 11 is 12.5. The average molecular weight is 566 g/mol. The van der Waals surface area contributed by atoms with Crippen LogP contribution < -0.4 is 4.74 Å². The number of carboxylic acids is 1. The largest absolute Gasteiger partial charge is 0.487 e. The van der Waals surface area contributed by atoms with Crippen LogP contribution in [0.4, 0.5) is 13.2 Å². The van der Waals surface area contributed by atoms with Gasteiger partial charge in [0.1, 0.15) is 11.4 Å². The molecule has 1 aliphatic rings. The summed E-state index contributed by atoms with van der Waals surface area (Å²) in [5, 5.41) is 10.1. The van der Waals surface area contributed by atoms with Crippen LogP contribution in [0, 0.1) is 0 Å². The Morgan fingerprint density at radius 3 is 2.45 bits per heavy atom. The van der Waals surface area contributed by atoms with E-state index in [2.05, 4.69) is 0 Å². The average Bonchev–Trinajstić information content (AvgIpc) is 3.18. The fourth-order valence-electron chi connectivity index (χ4n) is 4.53. The smallest absolute Gasteiger partial charge is 0.416 e. The van der Waals surface area contributed by atoms with Gasteiger partial charge in [-0.3, -0.25) is 9.59 Å². The second-order valence-electron chi connectivity index (χ2n) is 9.51. The first kappa shape index (κ1) is 27.8. The Morgan fingerprint density at radius 2 is 1.79 bits per heavy atom. The van der Waals surface area contributed by atoms with Crippen LogP contribution in [0.1, 0.15) is 46.0 Å². The standard InChI is InChI=1S/C28H24Cl2F3NO4/c1-27(14-19-3-2-4-22(29)25(19)30)15-20-13-18(7-10-23(20)38-27)26(37)34(12-11-24(35)36)16-17-5-8-21(9-6-17)28(31,32)33/h2-10,13H,11-12,14-16H2,1H3,(H,35,36)/t27-/m0/s1. The van der Waals surface area contributed by atoms with Crippen molar-refractivity contribution < 1.29 is 32.6 Å². The molecular formula is C28H24Cl2F3NO4. The highest BCUT2D eigenvalue weighted by atomic mass is 35.5. The summed E-state index contributed by atoms with van der Waals surface area (Å²) in [6, 6.07) is 14.8. The van der Waals surface area contributed by atoms with Crippen molar-refractivity contribution in [2.75, 3.05) is 6.54 Å². The predicted octanol–water partition coefficient (Wildman–Crippen LogP) is 7.07. The van der Waals surface area contributed by atoms with Crippen LogP contribution in [0.25, 0.3) is 0 Å². The van der Waals surface area contributed by atoms with Crippen molar-refractivity contribution >= 4 is 35.1 Å². The topological polar surface area (TPSA) is 66.8 Å². The molecule has 38 heavy (non-hydrogen) atoms. The number of fused-ring (bicyclic) bond motifs is 1. The summed E-state index contributed by atoms with van der Waals surface area (Å²) in [6.07, 6.45) is -3.79. The van der Waals surface area contributed by atoms with Gasteiger partial charge in [-0.05, 0) is 60.0 Å². The van der Waals surface area contributed by atoms with Crippen LogP contribution in [0.2, 0.25) is 10.0 Å². The van der Waals surface area contributed by atoms with Gasteiger partial charge in [0.25, 0.3) is 5.91 Å². The third-order valence-electron chi connectivity index (χ3n) is 6.36. The van der Waals surface area contributed by atoms with Gasteiger partial charge in [0.2, 0.25) is 0 Å². The van der Waals surface area contributed by atoms with Gasteiger partial charge in [-0.1, -0.05) is 47.5 Å². The molecule has 0 saturated heterocycles. The Kier molecular flexibility index (Phi) is 7.95. The van der Waals surface area contributed by atoms with Crippen LogP contribution in [0.3, 0.4) is 0 Å². The summed E-state index contributed by atoms with van der Waals surface area (Å²) in [7, 11) is 0. The van der Waals surface area contributed by atoms with Crippen molar-refractivity contribution in [2.24, 2.45) is 0 Å². The zero-order valence-electron chi connectivity index (χ0n) is 20.3. The Balaban J connectivity index is 1.53. The Morgan fingerprint density at radius 1 is 1.08 bits per heavy atom. The van der Waals surface area contributed by atoms with Crippen molar-refractivity contribution in [3.05, 3.63) is 98.5 Å². The number of alkyl halides is 3. The van der Waals surface area contributed by atoms with E-state index >= 15 is 0 Å². The number of carbonyl (C=O) groups excluding carboxylic acids is 1. The Hall–Kier alpha value is -3.23. The minimum absolute atomic E-state index is 0.0389. The number of aliphatic carboxylic acids is 1. The molecule has 0 saturated carbocycles. The third-order valence-corrected chi connectivity index (χ3v) is 7.22. The maximum Gasteiger partial charge on any atom is 0.416 e. The number of hydrogen-bond donors (Lipinski definition) is 1. The number of carbonyl (C=O) groups is 2. The molecule has 0 aromatic heterocycles. The quantitative estimate of drug-likeness (QED) is 0.317. The van der Waals surface area contributed by atoms with Crippen LogP contribution in [-0.2, 0) is 30.4 Å². The Bertz CT molecular complexity index is 1360. The molecule has 5 nitrogen and oxygen atoms in total. The minimum atomic E-state index is -4.48. The van der Waals surface area contributed by atoms with E-state index in [0.29, 0.717) is 39.8 Å². The van der Waals surface area contributed by atoms with E-state index in [1.165, 1.54) is 17.0 Å². The molecule has 1 aliphatic heterocycles. The third kappa shape index (κ3) is 6.42. The molecule has 1 heterocycles. The highest BCUT2D eigenvalue weighted by Gasteiger charge is 2.36. The first-order chi connectivity index (χ1) is 17.8. The van der Waals surface area contributed by atoms with E-state index in [1.807, 2.05) is 19.1 Å². The fourth-order valence-corrected chi connectivity index (χ4v) is 4.91. The molecule has 0 radical (unpaired) electrons. The number of halogens is 5. The molecule has 1 atom stereocenters. The minimum Gasteiger partial charge on any atom is -0.487 e. The molecule has 1 N–H and O–H groups in total. The number of nitrogens with zero attached hydrogens (tertiary/aromatic N) is 1. The number of carboxylic acid groups (broad SMARTS) is 1. The second-order valence-corrected chi connectivity index (χ2v) is 10.3. The molecule has 3 aromatic carbocycles. The Labute approximate surface area is 227 Å². The molecule has 0 spiro atoms. The van der Waals surface area contributed by atoms with Gasteiger partial charge in [0, 0.05) is 31.5 Å². The van der Waals surface area contributed by atoms with Crippen LogP contribution >= 0.6 is 23.2 Å². The lowest BCUT2D eigenvalue weighted by Crippen LogP contribution is -2.33. The monoisotopic (exact) mass is 565 g/mol. The fraction of sp³-hybridized carbons (Fsp3) is 0.286. The summed E-state index contributed by atoms with van der Waals surface area (Å²) in [6.45, 7) is 1.80. The van der Waals surface area contributed by atoms with Crippen LogP contribution in [0.5, 0.6) is 5.75 Å². The molecule has 0 unspecified atom stereocenters. The van der Waals surface area contributed by atoms with Crippen molar-refractivity contribution in [1.29, 1.82) is 0 Å². The van der Waals surface area contributed by atoms with Crippen LogP contribution in [-0.4, -0.2) is 34.0 Å². The molecule has 200 valence electrons. The van der Waals surface area contributed by atoms with Crippen molar-refractivity contribution in [1.82, 2.24) is 4.90 Å². The lowest BCUT2D eigenvalue weighted by atomic mass is 9.91. The molecule has 0 fully saturated rings. The molecule has 10 heteroatoms. The molecule has 3 aromatic rings. The summed E-state index contributed by atoms with van der Waals surface area (Å²) in [5.74, 6) is -0.893. The first-order valence-corrected chi connectivity index (χ1v) is 12.5. The molecule has 0 bridgehead atoms. The van der Waals surface area contributed by atoms with E-state index < -0.39 is 29.2 Å². The number of ether oxygens (including phenoxy) is 1. The van der Waals surface area contributed by atoms with Gasteiger partial charge in [-0.2, -0.15) is 13.2 Å². The van der Waals surface area contributed by atoms with Crippen LogP contribution in [0.15, 0.2) is 60.7 Å². The lowest BCUT2D eigenvalue weighted by molar-refractivity contribution is -0.138. The highest BCUT2D eigenvalue weighted by Crippen LogP contribution is 2.39. The number of amides is 1. The molecular weight excluding hydrogens is 542 g/mol. The van der Waals surface area contributed by atoms with E-state index in [9.17, 15) is 22.8 Å². The summed E-state index contributed by atoms with van der Waals surface area (Å²) in [4.78, 5) is 25.9. The second kappa shape index (κ2) is 10.9. The van der Waals surface area contributed by atoms with Gasteiger partial charge < -0.3 is 14.7 Å². The van der Waals surface area contributed by atoms with E-state index in [4.69, 9.17) is 33.0 Å². The first-order valence-electron chi connectivity index (χ1n) is 11.8. The summed E-state index contributed by atoms with van der Waals surface area (Å²) in [5.41, 5.74) is 1.00. The zero-order valence-corrected chi connectivity index (χ0v) is 21.8. The lowest BCUT2D eigenvalue weighted by Gasteiger charge is -2.24. The number of hydrogen-bond acceptors (Lipinski definition) is 3. The van der Waals surface area contributed by atoms with E-state index in [0.717, 1.165) is 23.3 Å². The molecule has 0 aliphatic carbocycles. The zero-order chi connectivity index (χ0) is 27.7.